The number of amides is 1. The molecular weight excluding hydrogens is 281 g/mol. The molecule has 0 aromatic heterocycles. The van der Waals surface area contributed by atoms with Crippen molar-refractivity contribution < 1.29 is 18.0 Å². The summed E-state index contributed by atoms with van der Waals surface area (Å²) >= 11 is 0. The van der Waals surface area contributed by atoms with Crippen molar-refractivity contribution >= 4 is 5.91 Å². The maximum Gasteiger partial charge on any atom is 0.406 e. The Kier molecular flexibility index (Phi) is 6.97. The molecule has 0 saturated heterocycles. The summed E-state index contributed by atoms with van der Waals surface area (Å²) in [5, 5.41) is 3.19. The zero-order valence-corrected chi connectivity index (χ0v) is 13.1. The molecule has 1 aliphatic rings. The average Bonchev–Trinajstić information content (AvgIpc) is 2.43. The summed E-state index contributed by atoms with van der Waals surface area (Å²) in [6.07, 6.45) is 2.15. The van der Waals surface area contributed by atoms with Crippen molar-refractivity contribution in [1.82, 2.24) is 10.2 Å². The summed E-state index contributed by atoms with van der Waals surface area (Å²) in [5.74, 6) is -0.378. The Bertz CT molecular complexity index is 325. The molecule has 1 aliphatic carbocycles. The summed E-state index contributed by atoms with van der Waals surface area (Å²) in [6, 6.07) is 0. The van der Waals surface area contributed by atoms with Crippen LogP contribution in [0.4, 0.5) is 13.2 Å². The van der Waals surface area contributed by atoms with Gasteiger partial charge in [-0.1, -0.05) is 32.6 Å². The highest BCUT2D eigenvalue weighted by molar-refractivity contribution is 5.77. The van der Waals surface area contributed by atoms with E-state index < -0.39 is 12.7 Å². The molecule has 0 unspecified atom stereocenters. The number of halogens is 3. The second-order valence-electron chi connectivity index (χ2n) is 6.05. The molecule has 0 atom stereocenters. The lowest BCUT2D eigenvalue weighted by Gasteiger charge is -2.38. The molecule has 3 nitrogen and oxygen atoms in total. The monoisotopic (exact) mass is 308 g/mol. The van der Waals surface area contributed by atoms with Crippen molar-refractivity contribution in [3.8, 4) is 0 Å². The number of carbonyl (C=O) groups excluding carboxylic acids is 1. The molecule has 0 bridgehead atoms. The Morgan fingerprint density at radius 1 is 1.24 bits per heavy atom. The van der Waals surface area contributed by atoms with Crippen LogP contribution in [0.15, 0.2) is 0 Å². The molecular formula is C15H27F3N2O. The van der Waals surface area contributed by atoms with E-state index in [0.29, 0.717) is 6.42 Å². The first-order valence-corrected chi connectivity index (χ1v) is 7.85. The maximum absolute atomic E-state index is 12.6. The first-order valence-electron chi connectivity index (χ1n) is 7.85. The standard InChI is InChI=1S/C15H27F3N2O/c1-3-4-10-20(12-15(16,17)18)13(21)11-14(19-2)8-6-5-7-9-14/h19H,3-12H2,1-2H3. The minimum atomic E-state index is -4.33. The second-order valence-corrected chi connectivity index (χ2v) is 6.05. The van der Waals surface area contributed by atoms with Crippen LogP contribution in [-0.2, 0) is 4.79 Å². The third kappa shape index (κ3) is 6.24. The number of rotatable bonds is 7. The third-order valence-electron chi connectivity index (χ3n) is 4.34. The van der Waals surface area contributed by atoms with Gasteiger partial charge in [-0.05, 0) is 26.3 Å². The minimum Gasteiger partial charge on any atom is -0.334 e. The highest BCUT2D eigenvalue weighted by atomic mass is 19.4. The molecule has 6 heteroatoms. The van der Waals surface area contributed by atoms with Crippen molar-refractivity contribution in [3.63, 3.8) is 0 Å². The van der Waals surface area contributed by atoms with Gasteiger partial charge >= 0.3 is 6.18 Å². The van der Waals surface area contributed by atoms with Gasteiger partial charge in [-0.15, -0.1) is 0 Å². The third-order valence-corrected chi connectivity index (χ3v) is 4.34. The largest absolute Gasteiger partial charge is 0.406 e. The number of nitrogens with zero attached hydrogens (tertiary/aromatic N) is 1. The predicted octanol–water partition coefficient (Wildman–Crippen LogP) is 3.49. The number of nitrogens with one attached hydrogen (secondary N) is 1. The normalized spacial score (nSPS) is 18.5. The number of unbranched alkanes of at least 4 members (excludes halogenated alkanes) is 1. The number of hydrogen-bond donors (Lipinski definition) is 1. The van der Waals surface area contributed by atoms with Crippen LogP contribution in [0.5, 0.6) is 0 Å². The van der Waals surface area contributed by atoms with E-state index in [9.17, 15) is 18.0 Å². The predicted molar refractivity (Wildman–Crippen MR) is 77.0 cm³/mol. The fourth-order valence-electron chi connectivity index (χ4n) is 3.00. The second kappa shape index (κ2) is 8.01. The first-order chi connectivity index (χ1) is 9.82. The van der Waals surface area contributed by atoms with E-state index in [1.54, 1.807) is 7.05 Å². The summed E-state index contributed by atoms with van der Waals surface area (Å²) in [4.78, 5) is 13.3. The van der Waals surface area contributed by atoms with Gasteiger partial charge in [0, 0.05) is 18.5 Å². The molecule has 0 aromatic carbocycles. The lowest BCUT2D eigenvalue weighted by Crippen LogP contribution is -2.50. The fraction of sp³-hybridized carbons (Fsp3) is 0.933. The van der Waals surface area contributed by atoms with Gasteiger partial charge in [0.15, 0.2) is 0 Å². The van der Waals surface area contributed by atoms with Crippen molar-refractivity contribution in [2.75, 3.05) is 20.1 Å². The van der Waals surface area contributed by atoms with Crippen LogP contribution in [0, 0.1) is 0 Å². The van der Waals surface area contributed by atoms with Crippen LogP contribution >= 0.6 is 0 Å². The maximum atomic E-state index is 12.6. The van der Waals surface area contributed by atoms with E-state index in [0.717, 1.165) is 43.4 Å². The van der Waals surface area contributed by atoms with Crippen molar-refractivity contribution in [2.24, 2.45) is 0 Å². The lowest BCUT2D eigenvalue weighted by molar-refractivity contribution is -0.162. The van der Waals surface area contributed by atoms with E-state index in [4.69, 9.17) is 0 Å². The molecule has 1 fully saturated rings. The van der Waals surface area contributed by atoms with Crippen molar-refractivity contribution in [2.45, 2.75) is 70.0 Å². The van der Waals surface area contributed by atoms with Gasteiger partial charge in [0.2, 0.25) is 5.91 Å². The summed E-state index contributed by atoms with van der Waals surface area (Å²) in [5.41, 5.74) is -0.314. The number of carbonyl (C=O) groups is 1. The Labute approximate surface area is 125 Å². The van der Waals surface area contributed by atoms with Gasteiger partial charge in [-0.3, -0.25) is 4.79 Å². The molecule has 1 rings (SSSR count). The quantitative estimate of drug-likeness (QED) is 0.781. The van der Waals surface area contributed by atoms with E-state index in [-0.39, 0.29) is 24.4 Å². The Morgan fingerprint density at radius 2 is 1.86 bits per heavy atom. The van der Waals surface area contributed by atoms with Gasteiger partial charge in [-0.2, -0.15) is 13.2 Å². The smallest absolute Gasteiger partial charge is 0.334 e. The van der Waals surface area contributed by atoms with Gasteiger partial charge in [0.05, 0.1) is 0 Å². The summed E-state index contributed by atoms with van der Waals surface area (Å²) in [6.45, 7) is 0.965. The minimum absolute atomic E-state index is 0.170. The van der Waals surface area contributed by atoms with Gasteiger partial charge in [0.1, 0.15) is 6.54 Å². The molecule has 1 amide bonds. The topological polar surface area (TPSA) is 32.3 Å². The van der Waals surface area contributed by atoms with E-state index in [2.05, 4.69) is 5.32 Å². The van der Waals surface area contributed by atoms with Crippen LogP contribution in [0.2, 0.25) is 0 Å². The van der Waals surface area contributed by atoms with Crippen LogP contribution in [0.3, 0.4) is 0 Å². The highest BCUT2D eigenvalue weighted by Gasteiger charge is 2.37. The van der Waals surface area contributed by atoms with E-state index in [1.165, 1.54) is 0 Å². The summed E-state index contributed by atoms with van der Waals surface area (Å²) in [7, 11) is 1.80. The highest BCUT2D eigenvalue weighted by Crippen LogP contribution is 2.31. The Balaban J connectivity index is 2.69. The molecule has 0 heterocycles. The first kappa shape index (κ1) is 18.3. The van der Waals surface area contributed by atoms with E-state index >= 15 is 0 Å². The zero-order chi connectivity index (χ0) is 15.9. The molecule has 0 aliphatic heterocycles. The van der Waals surface area contributed by atoms with Gasteiger partial charge in [0.25, 0.3) is 0 Å². The van der Waals surface area contributed by atoms with Crippen LogP contribution in [-0.4, -0.2) is 42.7 Å². The van der Waals surface area contributed by atoms with E-state index in [1.807, 2.05) is 6.92 Å². The van der Waals surface area contributed by atoms with Crippen LogP contribution in [0.1, 0.15) is 58.3 Å². The molecule has 0 aromatic rings. The molecule has 124 valence electrons. The SMILES string of the molecule is CCCCN(CC(F)(F)F)C(=O)CC1(NC)CCCCC1. The summed E-state index contributed by atoms with van der Waals surface area (Å²) < 4.78 is 37.9. The van der Waals surface area contributed by atoms with Crippen molar-refractivity contribution in [3.05, 3.63) is 0 Å². The Hall–Kier alpha value is -0.780. The average molecular weight is 308 g/mol. The molecule has 1 saturated carbocycles. The number of alkyl halides is 3. The Morgan fingerprint density at radius 3 is 2.33 bits per heavy atom. The fourth-order valence-corrected chi connectivity index (χ4v) is 3.00. The molecule has 1 N–H and O–H groups in total. The zero-order valence-electron chi connectivity index (χ0n) is 13.1. The van der Waals surface area contributed by atoms with Gasteiger partial charge < -0.3 is 10.2 Å². The van der Waals surface area contributed by atoms with Crippen LogP contribution < -0.4 is 5.32 Å². The molecule has 21 heavy (non-hydrogen) atoms. The molecule has 0 spiro atoms. The van der Waals surface area contributed by atoms with Crippen LogP contribution in [0.25, 0.3) is 0 Å². The van der Waals surface area contributed by atoms with Crippen molar-refractivity contribution in [1.29, 1.82) is 0 Å². The molecule has 0 radical (unpaired) electrons. The van der Waals surface area contributed by atoms with Gasteiger partial charge in [-0.25, -0.2) is 0 Å². The lowest BCUT2D eigenvalue weighted by atomic mass is 9.79. The number of hydrogen-bond acceptors (Lipinski definition) is 2.